The number of fused-ring (bicyclic) bond motifs is 5. The molecule has 0 saturated heterocycles. The monoisotopic (exact) mass is 318 g/mol. The first kappa shape index (κ1) is 15.6. The molecule has 3 fully saturated rings. The summed E-state index contributed by atoms with van der Waals surface area (Å²) in [5.74, 6) is 0.406. The van der Waals surface area contributed by atoms with E-state index in [1.807, 2.05) is 6.92 Å². The summed E-state index contributed by atoms with van der Waals surface area (Å²) in [6, 6.07) is 0. The number of hydrogen-bond donors (Lipinski definition) is 1. The molecule has 0 aromatic rings. The van der Waals surface area contributed by atoms with E-state index in [0.29, 0.717) is 17.8 Å². The van der Waals surface area contributed by atoms with Crippen molar-refractivity contribution < 1.29 is 14.3 Å². The van der Waals surface area contributed by atoms with Crippen LogP contribution in [-0.2, 0) is 4.79 Å². The van der Waals surface area contributed by atoms with Crippen LogP contribution in [0.15, 0.2) is 23.6 Å². The Morgan fingerprint density at radius 1 is 1.13 bits per heavy atom. The van der Waals surface area contributed by atoms with Crippen molar-refractivity contribution in [1.29, 1.82) is 0 Å². The van der Waals surface area contributed by atoms with E-state index in [1.165, 1.54) is 0 Å². The maximum Gasteiger partial charge on any atom is 0.213 e. The Morgan fingerprint density at radius 2 is 1.83 bits per heavy atom. The van der Waals surface area contributed by atoms with Crippen LogP contribution in [0.1, 0.15) is 59.3 Å². The molecular formula is C20H27FO2. The molecule has 0 unspecified atom stereocenters. The molecule has 2 nitrogen and oxygen atoms in total. The fourth-order valence-electron chi connectivity index (χ4n) is 6.50. The molecule has 4 aliphatic rings. The molecule has 0 amide bonds. The van der Waals surface area contributed by atoms with Gasteiger partial charge >= 0.3 is 0 Å². The minimum absolute atomic E-state index is 0.0154. The summed E-state index contributed by atoms with van der Waals surface area (Å²) in [6.45, 7) is 6.38. The number of rotatable bonds is 0. The van der Waals surface area contributed by atoms with Gasteiger partial charge in [0.1, 0.15) is 0 Å². The van der Waals surface area contributed by atoms with Gasteiger partial charge in [0.25, 0.3) is 0 Å². The zero-order valence-electron chi connectivity index (χ0n) is 14.4. The first-order chi connectivity index (χ1) is 10.7. The fraction of sp³-hybridized carbons (Fsp3) is 0.750. The lowest BCUT2D eigenvalue weighted by atomic mass is 9.47. The number of allylic oxidation sites excluding steroid dienone is 4. The SMILES string of the molecule is C[C@]12C=C(F)C(=O)C=C1CC[C@@H]1[C@@H]2CC[C@@]2(C)[C@H]1CC[C@]2(C)O. The lowest BCUT2D eigenvalue weighted by Crippen LogP contribution is -2.53. The van der Waals surface area contributed by atoms with E-state index in [0.717, 1.165) is 44.1 Å². The quantitative estimate of drug-likeness (QED) is 0.721. The second-order valence-electron chi connectivity index (χ2n) is 8.99. The smallest absolute Gasteiger partial charge is 0.213 e. The van der Waals surface area contributed by atoms with E-state index in [1.54, 1.807) is 12.2 Å². The number of halogens is 1. The van der Waals surface area contributed by atoms with Crippen molar-refractivity contribution in [2.24, 2.45) is 28.6 Å². The van der Waals surface area contributed by atoms with Gasteiger partial charge in [-0.25, -0.2) is 4.39 Å². The molecule has 0 bridgehead atoms. The average Bonchev–Trinajstić information content (AvgIpc) is 2.71. The average molecular weight is 318 g/mol. The van der Waals surface area contributed by atoms with Crippen LogP contribution in [0.2, 0.25) is 0 Å². The summed E-state index contributed by atoms with van der Waals surface area (Å²) in [5, 5.41) is 10.9. The van der Waals surface area contributed by atoms with Gasteiger partial charge in [0.05, 0.1) is 5.60 Å². The molecule has 6 atom stereocenters. The first-order valence-electron chi connectivity index (χ1n) is 9.05. The van der Waals surface area contributed by atoms with E-state index in [9.17, 15) is 14.3 Å². The highest BCUT2D eigenvalue weighted by molar-refractivity contribution is 6.04. The summed E-state index contributed by atoms with van der Waals surface area (Å²) >= 11 is 0. The van der Waals surface area contributed by atoms with Crippen molar-refractivity contribution in [2.75, 3.05) is 0 Å². The molecule has 1 N–H and O–H groups in total. The maximum atomic E-state index is 14.0. The summed E-state index contributed by atoms with van der Waals surface area (Å²) in [7, 11) is 0. The Kier molecular flexibility index (Phi) is 3.09. The van der Waals surface area contributed by atoms with Crippen LogP contribution in [0.4, 0.5) is 4.39 Å². The molecule has 0 aliphatic heterocycles. The van der Waals surface area contributed by atoms with Gasteiger partial charge in [-0.3, -0.25) is 4.79 Å². The van der Waals surface area contributed by atoms with Crippen molar-refractivity contribution in [3.05, 3.63) is 23.6 Å². The second kappa shape index (κ2) is 4.56. The molecule has 3 heteroatoms. The molecule has 0 heterocycles. The van der Waals surface area contributed by atoms with Gasteiger partial charge in [-0.1, -0.05) is 19.4 Å². The molecule has 4 rings (SSSR count). The maximum absolute atomic E-state index is 14.0. The van der Waals surface area contributed by atoms with Gasteiger partial charge in [0.15, 0.2) is 5.83 Å². The molecule has 4 aliphatic carbocycles. The highest BCUT2D eigenvalue weighted by Gasteiger charge is 2.62. The number of aliphatic hydroxyl groups is 1. The lowest BCUT2D eigenvalue weighted by Gasteiger charge is -2.57. The van der Waals surface area contributed by atoms with Crippen LogP contribution >= 0.6 is 0 Å². The summed E-state index contributed by atoms with van der Waals surface area (Å²) in [5.41, 5.74) is 0.219. The van der Waals surface area contributed by atoms with E-state index < -0.39 is 17.2 Å². The Labute approximate surface area is 137 Å². The molecule has 0 aromatic carbocycles. The van der Waals surface area contributed by atoms with Gasteiger partial charge in [0, 0.05) is 5.41 Å². The third-order valence-corrected chi connectivity index (χ3v) is 8.18. The normalized spacial score (nSPS) is 52.2. The minimum atomic E-state index is -0.580. The summed E-state index contributed by atoms with van der Waals surface area (Å²) < 4.78 is 14.0. The Balaban J connectivity index is 1.73. The van der Waals surface area contributed by atoms with E-state index in [4.69, 9.17) is 0 Å². The molecule has 23 heavy (non-hydrogen) atoms. The zero-order chi connectivity index (χ0) is 16.6. The van der Waals surface area contributed by atoms with Crippen LogP contribution in [0.25, 0.3) is 0 Å². The minimum Gasteiger partial charge on any atom is -0.390 e. The third-order valence-electron chi connectivity index (χ3n) is 8.18. The van der Waals surface area contributed by atoms with E-state index in [2.05, 4.69) is 13.8 Å². The summed E-state index contributed by atoms with van der Waals surface area (Å²) in [6.07, 6.45) is 9.09. The van der Waals surface area contributed by atoms with Gasteiger partial charge in [-0.15, -0.1) is 0 Å². The summed E-state index contributed by atoms with van der Waals surface area (Å²) in [4.78, 5) is 11.7. The Bertz CT molecular complexity index is 632. The highest BCUT2D eigenvalue weighted by Crippen LogP contribution is 2.66. The molecule has 3 saturated carbocycles. The molecule has 0 aromatic heterocycles. The topological polar surface area (TPSA) is 37.3 Å². The van der Waals surface area contributed by atoms with Crippen LogP contribution < -0.4 is 0 Å². The van der Waals surface area contributed by atoms with Gasteiger partial charge in [-0.05, 0) is 80.8 Å². The first-order valence-corrected chi connectivity index (χ1v) is 9.05. The van der Waals surface area contributed by atoms with Gasteiger partial charge in [0.2, 0.25) is 5.78 Å². The third kappa shape index (κ3) is 1.86. The lowest BCUT2D eigenvalue weighted by molar-refractivity contribution is -0.116. The number of carbonyl (C=O) groups excluding carboxylic acids is 1. The zero-order valence-corrected chi connectivity index (χ0v) is 14.4. The molecule has 126 valence electrons. The largest absolute Gasteiger partial charge is 0.390 e. The standard InChI is InChI=1S/C20H27FO2/c1-18-11-16(21)17(22)10-12(18)4-5-13-14(18)6-8-19(2)15(13)7-9-20(19,3)23/h10-11,13-15,23H,4-9H2,1-3H3/t13-,14+,15+,18+,19+,20+/m1/s1. The number of carbonyl (C=O) groups is 1. The second-order valence-corrected chi connectivity index (χ2v) is 8.99. The van der Waals surface area contributed by atoms with Crippen molar-refractivity contribution in [1.82, 2.24) is 0 Å². The van der Waals surface area contributed by atoms with Crippen LogP contribution in [0, 0.1) is 28.6 Å². The fourth-order valence-corrected chi connectivity index (χ4v) is 6.50. The Morgan fingerprint density at radius 3 is 2.57 bits per heavy atom. The van der Waals surface area contributed by atoms with Crippen LogP contribution in [0.5, 0.6) is 0 Å². The predicted molar refractivity (Wildman–Crippen MR) is 87.3 cm³/mol. The number of ketones is 1. The van der Waals surface area contributed by atoms with Crippen molar-refractivity contribution in [2.45, 2.75) is 64.9 Å². The van der Waals surface area contributed by atoms with E-state index in [-0.39, 0.29) is 10.8 Å². The van der Waals surface area contributed by atoms with Crippen LogP contribution in [0.3, 0.4) is 0 Å². The predicted octanol–water partition coefficient (Wildman–Crippen LogP) is 4.34. The number of hydrogen-bond acceptors (Lipinski definition) is 2. The van der Waals surface area contributed by atoms with Gasteiger partial charge in [-0.2, -0.15) is 0 Å². The highest BCUT2D eigenvalue weighted by atomic mass is 19.1. The van der Waals surface area contributed by atoms with Crippen molar-refractivity contribution in [3.63, 3.8) is 0 Å². The van der Waals surface area contributed by atoms with Gasteiger partial charge < -0.3 is 5.11 Å². The Hall–Kier alpha value is -0.960. The van der Waals surface area contributed by atoms with Crippen molar-refractivity contribution in [3.8, 4) is 0 Å². The van der Waals surface area contributed by atoms with E-state index >= 15 is 0 Å². The molecule has 0 radical (unpaired) electrons. The molecule has 0 spiro atoms. The molecular weight excluding hydrogens is 291 g/mol. The van der Waals surface area contributed by atoms with Crippen molar-refractivity contribution >= 4 is 5.78 Å². The van der Waals surface area contributed by atoms with Crippen LogP contribution in [-0.4, -0.2) is 16.5 Å².